The zero-order valence-electron chi connectivity index (χ0n) is 19.6. The Labute approximate surface area is 205 Å². The molecule has 1 aliphatic heterocycles. The summed E-state index contributed by atoms with van der Waals surface area (Å²) < 4.78 is 5.60. The van der Waals surface area contributed by atoms with Gasteiger partial charge in [-0.1, -0.05) is 91.0 Å². The molecule has 1 fully saturated rings. The van der Waals surface area contributed by atoms with Gasteiger partial charge in [0.2, 0.25) is 0 Å². The van der Waals surface area contributed by atoms with Gasteiger partial charge < -0.3 is 25.4 Å². The van der Waals surface area contributed by atoms with E-state index in [-0.39, 0.29) is 12.6 Å². The van der Waals surface area contributed by atoms with Gasteiger partial charge in [0.15, 0.2) is 0 Å². The topological polar surface area (TPSA) is 90.9 Å². The highest BCUT2D eigenvalue weighted by Gasteiger charge is 2.37. The van der Waals surface area contributed by atoms with Crippen molar-refractivity contribution in [3.8, 4) is 0 Å². The minimum Gasteiger partial charge on any atom is -0.465 e. The van der Waals surface area contributed by atoms with Crippen LogP contribution in [0.15, 0.2) is 91.0 Å². The Bertz CT molecular complexity index is 1050. The second kappa shape index (κ2) is 11.5. The number of ether oxygens (including phenoxy) is 1. The zero-order chi connectivity index (χ0) is 24.5. The van der Waals surface area contributed by atoms with Gasteiger partial charge in [0.1, 0.15) is 12.1 Å². The van der Waals surface area contributed by atoms with E-state index in [1.807, 2.05) is 91.0 Å². The van der Waals surface area contributed by atoms with E-state index in [1.165, 1.54) is 4.90 Å². The van der Waals surface area contributed by atoms with Crippen molar-refractivity contribution in [2.75, 3.05) is 19.6 Å². The third-order valence-corrected chi connectivity index (χ3v) is 6.41. The van der Waals surface area contributed by atoms with Crippen LogP contribution in [0.4, 0.5) is 9.59 Å². The summed E-state index contributed by atoms with van der Waals surface area (Å²) in [4.78, 5) is 26.1. The molecule has 1 heterocycles. The summed E-state index contributed by atoms with van der Waals surface area (Å²) >= 11 is 0. The third kappa shape index (κ3) is 6.19. The zero-order valence-corrected chi connectivity index (χ0v) is 19.6. The highest BCUT2D eigenvalue weighted by atomic mass is 16.5. The van der Waals surface area contributed by atoms with Crippen LogP contribution in [0.3, 0.4) is 0 Å². The minimum atomic E-state index is -0.915. The molecule has 3 aromatic carbocycles. The molecule has 0 aromatic heterocycles. The molecule has 1 saturated heterocycles. The largest absolute Gasteiger partial charge is 0.465 e. The van der Waals surface area contributed by atoms with Crippen molar-refractivity contribution >= 4 is 12.2 Å². The summed E-state index contributed by atoms with van der Waals surface area (Å²) in [6, 6.07) is 29.1. The Hall–Kier alpha value is -3.84. The lowest BCUT2D eigenvalue weighted by molar-refractivity contribution is 0.121. The minimum absolute atomic E-state index is 0.0196. The molecule has 4 rings (SSSR count). The van der Waals surface area contributed by atoms with Crippen molar-refractivity contribution in [1.29, 1.82) is 0 Å². The molecule has 2 amide bonds. The molecule has 1 atom stereocenters. The predicted molar refractivity (Wildman–Crippen MR) is 134 cm³/mol. The molecule has 3 aromatic rings. The van der Waals surface area contributed by atoms with Gasteiger partial charge in [0.05, 0.1) is 0 Å². The smallest absolute Gasteiger partial charge is 0.408 e. The Morgan fingerprint density at radius 3 is 2.06 bits per heavy atom. The van der Waals surface area contributed by atoms with E-state index in [0.29, 0.717) is 19.6 Å². The van der Waals surface area contributed by atoms with E-state index in [0.717, 1.165) is 29.5 Å². The summed E-state index contributed by atoms with van der Waals surface area (Å²) in [7, 11) is 0. The fourth-order valence-corrected chi connectivity index (χ4v) is 4.55. The number of hydrogen-bond acceptors (Lipinski definition) is 4. The van der Waals surface area contributed by atoms with Gasteiger partial charge >= 0.3 is 12.2 Å². The summed E-state index contributed by atoms with van der Waals surface area (Å²) in [6.45, 7) is 1.49. The third-order valence-electron chi connectivity index (χ3n) is 6.41. The van der Waals surface area contributed by atoms with E-state index in [9.17, 15) is 14.7 Å². The maximum atomic E-state index is 13.1. The number of carboxylic acid groups (broad SMARTS) is 1. The van der Waals surface area contributed by atoms with E-state index >= 15 is 0 Å². The number of nitrogens with zero attached hydrogens (tertiary/aromatic N) is 1. The highest BCUT2D eigenvalue weighted by molar-refractivity contribution is 5.70. The van der Waals surface area contributed by atoms with E-state index < -0.39 is 17.7 Å². The highest BCUT2D eigenvalue weighted by Crippen LogP contribution is 2.30. The van der Waals surface area contributed by atoms with Crippen LogP contribution in [-0.2, 0) is 16.9 Å². The predicted octanol–water partition coefficient (Wildman–Crippen LogP) is 4.59. The summed E-state index contributed by atoms with van der Waals surface area (Å²) in [5.74, 6) is 0. The molecule has 7 heteroatoms. The van der Waals surface area contributed by atoms with Crippen molar-refractivity contribution in [2.45, 2.75) is 31.0 Å². The van der Waals surface area contributed by atoms with Gasteiger partial charge in [0.25, 0.3) is 0 Å². The number of carbonyl (C=O) groups excluding carboxylic acids is 1. The lowest BCUT2D eigenvalue weighted by Crippen LogP contribution is -2.57. The van der Waals surface area contributed by atoms with Crippen LogP contribution in [0.2, 0.25) is 0 Å². The van der Waals surface area contributed by atoms with Gasteiger partial charge in [-0.05, 0) is 29.5 Å². The number of benzene rings is 3. The fraction of sp³-hybridized carbons (Fsp3) is 0.286. The van der Waals surface area contributed by atoms with Gasteiger partial charge in [-0.25, -0.2) is 9.59 Å². The molecular weight excluding hydrogens is 442 g/mol. The maximum Gasteiger partial charge on any atom is 0.408 e. The Morgan fingerprint density at radius 2 is 1.49 bits per heavy atom. The van der Waals surface area contributed by atoms with Gasteiger partial charge in [0, 0.05) is 25.7 Å². The SMILES string of the molecule is O=C(NC(CNC1CCCN(C(=O)O)C1)(c1ccccc1)c1ccccc1)OCc1ccccc1. The molecular formula is C28H31N3O4. The molecule has 1 unspecified atom stereocenters. The van der Waals surface area contributed by atoms with Gasteiger partial charge in [-0.3, -0.25) is 0 Å². The second-order valence-electron chi connectivity index (χ2n) is 8.77. The van der Waals surface area contributed by atoms with Crippen molar-refractivity contribution in [3.63, 3.8) is 0 Å². The quantitative estimate of drug-likeness (QED) is 0.445. The maximum absolute atomic E-state index is 13.1. The van der Waals surface area contributed by atoms with Crippen molar-refractivity contribution in [2.24, 2.45) is 0 Å². The first-order valence-corrected chi connectivity index (χ1v) is 11.9. The molecule has 7 nitrogen and oxygen atoms in total. The van der Waals surface area contributed by atoms with E-state index in [4.69, 9.17) is 4.74 Å². The number of amides is 2. The Kier molecular flexibility index (Phi) is 8.00. The molecule has 1 aliphatic rings. The van der Waals surface area contributed by atoms with Crippen LogP contribution in [0.1, 0.15) is 29.5 Å². The van der Waals surface area contributed by atoms with Gasteiger partial charge in [-0.15, -0.1) is 0 Å². The summed E-state index contributed by atoms with van der Waals surface area (Å²) in [5, 5.41) is 16.1. The average Bonchev–Trinajstić information content (AvgIpc) is 2.91. The van der Waals surface area contributed by atoms with Crippen molar-refractivity contribution in [3.05, 3.63) is 108 Å². The number of alkyl carbamates (subject to hydrolysis) is 1. The van der Waals surface area contributed by atoms with Gasteiger partial charge in [-0.2, -0.15) is 0 Å². The number of rotatable bonds is 8. The first kappa shape index (κ1) is 24.3. The van der Waals surface area contributed by atoms with E-state index in [2.05, 4.69) is 10.6 Å². The molecule has 0 spiro atoms. The van der Waals surface area contributed by atoms with Crippen LogP contribution < -0.4 is 10.6 Å². The summed E-state index contributed by atoms with van der Waals surface area (Å²) in [6.07, 6.45) is 0.220. The van der Waals surface area contributed by atoms with Crippen LogP contribution in [0.5, 0.6) is 0 Å². The number of hydrogen-bond donors (Lipinski definition) is 3. The number of likely N-dealkylation sites (tertiary alicyclic amines) is 1. The van der Waals surface area contributed by atoms with Crippen molar-refractivity contribution in [1.82, 2.24) is 15.5 Å². The Balaban J connectivity index is 1.60. The molecule has 3 N–H and O–H groups in total. The summed E-state index contributed by atoms with van der Waals surface area (Å²) in [5.41, 5.74) is 1.80. The van der Waals surface area contributed by atoms with Crippen LogP contribution in [0, 0.1) is 0 Å². The van der Waals surface area contributed by atoms with Crippen molar-refractivity contribution < 1.29 is 19.4 Å². The number of carbonyl (C=O) groups is 2. The van der Waals surface area contributed by atoms with Crippen LogP contribution in [0.25, 0.3) is 0 Å². The standard InChI is InChI=1S/C28H31N3O4/c32-26(35-20-22-11-4-1-5-12-22)30-28(23-13-6-2-7-14-23,24-15-8-3-9-16-24)21-29-25-17-10-18-31(19-25)27(33)34/h1-9,11-16,25,29H,10,17-21H2,(H,30,32)(H,33,34). The fourth-order valence-electron chi connectivity index (χ4n) is 4.55. The van der Waals surface area contributed by atoms with E-state index in [1.54, 1.807) is 0 Å². The first-order valence-electron chi connectivity index (χ1n) is 11.9. The second-order valence-corrected chi connectivity index (χ2v) is 8.77. The normalized spacial score (nSPS) is 15.9. The molecule has 0 saturated carbocycles. The monoisotopic (exact) mass is 473 g/mol. The number of nitrogens with one attached hydrogen (secondary N) is 2. The molecule has 0 aliphatic carbocycles. The molecule has 35 heavy (non-hydrogen) atoms. The van der Waals surface area contributed by atoms with Crippen LogP contribution in [-0.4, -0.2) is 47.9 Å². The Morgan fingerprint density at radius 1 is 0.914 bits per heavy atom. The molecule has 0 bridgehead atoms. The first-order chi connectivity index (χ1) is 17.1. The lowest BCUT2D eigenvalue weighted by atomic mass is 9.82. The molecule has 182 valence electrons. The average molecular weight is 474 g/mol. The lowest BCUT2D eigenvalue weighted by Gasteiger charge is -2.39. The number of piperidine rings is 1. The van der Waals surface area contributed by atoms with Crippen LogP contribution >= 0.6 is 0 Å². The molecule has 0 radical (unpaired) electrons.